The first kappa shape index (κ1) is 15.7. The number of rotatable bonds is 5. The molecule has 1 aromatic carbocycles. The van der Waals surface area contributed by atoms with Crippen molar-refractivity contribution in [1.82, 2.24) is 5.32 Å². The molecular weight excluding hydrogens is 314 g/mol. The van der Waals surface area contributed by atoms with Gasteiger partial charge in [0.05, 0.1) is 5.56 Å². The quantitative estimate of drug-likeness (QED) is 0.771. The summed E-state index contributed by atoms with van der Waals surface area (Å²) in [5, 5.41) is 20.6. The van der Waals surface area contributed by atoms with E-state index < -0.39 is 11.5 Å². The molecule has 1 amide bonds. The predicted molar refractivity (Wildman–Crippen MR) is 74.3 cm³/mol. The van der Waals surface area contributed by atoms with Gasteiger partial charge >= 0.3 is 5.97 Å². The monoisotopic (exact) mass is 329 g/mol. The Balaban J connectivity index is 2.97. The Labute approximate surface area is 119 Å². The maximum atomic E-state index is 12.1. The zero-order valence-electron chi connectivity index (χ0n) is 10.7. The van der Waals surface area contributed by atoms with Crippen LogP contribution in [-0.2, 0) is 0 Å². The SMILES string of the molecule is CC(C)(CCO)NC(=O)c1cc(Br)cc(C(=O)O)c1. The Bertz CT molecular complexity index is 499. The molecule has 0 spiro atoms. The molecule has 3 N–H and O–H groups in total. The van der Waals surface area contributed by atoms with Crippen LogP contribution in [0.5, 0.6) is 0 Å². The minimum atomic E-state index is -1.09. The largest absolute Gasteiger partial charge is 0.478 e. The lowest BCUT2D eigenvalue weighted by Crippen LogP contribution is -2.44. The molecule has 1 aromatic rings. The van der Waals surface area contributed by atoms with E-state index >= 15 is 0 Å². The average molecular weight is 330 g/mol. The van der Waals surface area contributed by atoms with Crippen molar-refractivity contribution in [3.63, 3.8) is 0 Å². The molecule has 1 rings (SSSR count). The maximum absolute atomic E-state index is 12.1. The summed E-state index contributed by atoms with van der Waals surface area (Å²) in [7, 11) is 0. The topological polar surface area (TPSA) is 86.6 Å². The summed E-state index contributed by atoms with van der Waals surface area (Å²) >= 11 is 3.18. The fraction of sp³-hybridized carbons (Fsp3) is 0.385. The first-order chi connectivity index (χ1) is 8.75. The van der Waals surface area contributed by atoms with Gasteiger partial charge < -0.3 is 15.5 Å². The molecule has 0 atom stereocenters. The van der Waals surface area contributed by atoms with E-state index in [0.29, 0.717) is 10.9 Å². The van der Waals surface area contributed by atoms with Crippen LogP contribution in [0, 0.1) is 0 Å². The van der Waals surface area contributed by atoms with E-state index in [2.05, 4.69) is 21.2 Å². The van der Waals surface area contributed by atoms with Crippen LogP contribution in [0.1, 0.15) is 41.0 Å². The third-order valence-corrected chi connectivity index (χ3v) is 3.05. The summed E-state index contributed by atoms with van der Waals surface area (Å²) in [6.45, 7) is 3.54. The fourth-order valence-electron chi connectivity index (χ4n) is 1.57. The number of hydrogen-bond donors (Lipinski definition) is 3. The number of aliphatic hydroxyl groups is 1. The van der Waals surface area contributed by atoms with Gasteiger partial charge in [-0.05, 0) is 38.5 Å². The number of amides is 1. The predicted octanol–water partition coefficient (Wildman–Crippen LogP) is 2.04. The number of carbonyl (C=O) groups is 2. The molecular formula is C13H16BrNO4. The van der Waals surface area contributed by atoms with E-state index in [9.17, 15) is 9.59 Å². The van der Waals surface area contributed by atoms with Gasteiger partial charge in [0.25, 0.3) is 5.91 Å². The molecule has 104 valence electrons. The van der Waals surface area contributed by atoms with Crippen molar-refractivity contribution in [1.29, 1.82) is 0 Å². The highest BCUT2D eigenvalue weighted by Gasteiger charge is 2.21. The van der Waals surface area contributed by atoms with Crippen molar-refractivity contribution in [2.75, 3.05) is 6.61 Å². The Morgan fingerprint density at radius 3 is 2.37 bits per heavy atom. The molecule has 0 aliphatic heterocycles. The van der Waals surface area contributed by atoms with E-state index in [4.69, 9.17) is 10.2 Å². The van der Waals surface area contributed by atoms with Gasteiger partial charge in [0.1, 0.15) is 0 Å². The second-order valence-corrected chi connectivity index (χ2v) is 5.76. The Morgan fingerprint density at radius 1 is 1.26 bits per heavy atom. The second-order valence-electron chi connectivity index (χ2n) is 4.85. The van der Waals surface area contributed by atoms with Crippen LogP contribution in [0.3, 0.4) is 0 Å². The highest BCUT2D eigenvalue weighted by Crippen LogP contribution is 2.17. The van der Waals surface area contributed by atoms with Crippen LogP contribution in [0.25, 0.3) is 0 Å². The molecule has 0 fully saturated rings. The van der Waals surface area contributed by atoms with Gasteiger partial charge in [0, 0.05) is 22.2 Å². The van der Waals surface area contributed by atoms with Gasteiger partial charge in [0.2, 0.25) is 0 Å². The standard InChI is InChI=1S/C13H16BrNO4/c1-13(2,3-4-16)15-11(17)8-5-9(12(18)19)7-10(14)6-8/h5-7,16H,3-4H2,1-2H3,(H,15,17)(H,18,19). The van der Waals surface area contributed by atoms with Gasteiger partial charge in [-0.3, -0.25) is 4.79 Å². The van der Waals surface area contributed by atoms with Crippen LogP contribution in [-0.4, -0.2) is 34.2 Å². The van der Waals surface area contributed by atoms with Gasteiger partial charge in [-0.1, -0.05) is 15.9 Å². The lowest BCUT2D eigenvalue weighted by Gasteiger charge is -2.25. The molecule has 0 aromatic heterocycles. The van der Waals surface area contributed by atoms with Crippen LogP contribution in [0.4, 0.5) is 0 Å². The molecule has 0 heterocycles. The highest BCUT2D eigenvalue weighted by molar-refractivity contribution is 9.10. The third-order valence-electron chi connectivity index (χ3n) is 2.60. The van der Waals surface area contributed by atoms with Crippen molar-refractivity contribution in [3.05, 3.63) is 33.8 Å². The van der Waals surface area contributed by atoms with E-state index in [1.54, 1.807) is 19.9 Å². The van der Waals surface area contributed by atoms with E-state index in [1.807, 2.05) is 0 Å². The van der Waals surface area contributed by atoms with Gasteiger partial charge in [-0.2, -0.15) is 0 Å². The van der Waals surface area contributed by atoms with Crippen molar-refractivity contribution >= 4 is 27.8 Å². The zero-order valence-corrected chi connectivity index (χ0v) is 12.3. The number of carbonyl (C=O) groups excluding carboxylic acids is 1. The second kappa shape index (κ2) is 6.16. The molecule has 0 radical (unpaired) electrons. The van der Waals surface area contributed by atoms with E-state index in [0.717, 1.165) is 0 Å². The van der Waals surface area contributed by atoms with Crippen molar-refractivity contribution in [3.8, 4) is 0 Å². The molecule has 0 aliphatic rings. The zero-order chi connectivity index (χ0) is 14.6. The number of benzene rings is 1. The normalized spacial score (nSPS) is 11.2. The lowest BCUT2D eigenvalue weighted by atomic mass is 10.0. The number of aliphatic hydroxyl groups excluding tert-OH is 1. The minimum absolute atomic E-state index is 0.0356. The van der Waals surface area contributed by atoms with Crippen LogP contribution >= 0.6 is 15.9 Å². The van der Waals surface area contributed by atoms with Crippen LogP contribution in [0.15, 0.2) is 22.7 Å². The van der Waals surface area contributed by atoms with Crippen molar-refractivity contribution in [2.24, 2.45) is 0 Å². The van der Waals surface area contributed by atoms with Gasteiger partial charge in [-0.15, -0.1) is 0 Å². The number of nitrogens with one attached hydrogen (secondary N) is 1. The summed E-state index contributed by atoms with van der Waals surface area (Å²) < 4.78 is 0.525. The van der Waals surface area contributed by atoms with E-state index in [-0.39, 0.29) is 23.6 Å². The highest BCUT2D eigenvalue weighted by atomic mass is 79.9. The Hall–Kier alpha value is -1.40. The van der Waals surface area contributed by atoms with Crippen LogP contribution in [0.2, 0.25) is 0 Å². The van der Waals surface area contributed by atoms with Crippen molar-refractivity contribution in [2.45, 2.75) is 25.8 Å². The lowest BCUT2D eigenvalue weighted by molar-refractivity contribution is 0.0696. The van der Waals surface area contributed by atoms with Gasteiger partial charge in [-0.25, -0.2) is 4.79 Å². The summed E-state index contributed by atoms with van der Waals surface area (Å²) in [5.41, 5.74) is -0.255. The molecule has 0 unspecified atom stereocenters. The minimum Gasteiger partial charge on any atom is -0.478 e. The molecule has 5 nitrogen and oxygen atoms in total. The third kappa shape index (κ3) is 4.65. The average Bonchev–Trinajstić information content (AvgIpc) is 2.27. The van der Waals surface area contributed by atoms with Crippen LogP contribution < -0.4 is 5.32 Å². The smallest absolute Gasteiger partial charge is 0.335 e. The van der Waals surface area contributed by atoms with Gasteiger partial charge in [0.15, 0.2) is 0 Å². The summed E-state index contributed by atoms with van der Waals surface area (Å²) in [6.07, 6.45) is 0.415. The van der Waals surface area contributed by atoms with Crippen molar-refractivity contribution < 1.29 is 19.8 Å². The first-order valence-corrected chi connectivity index (χ1v) is 6.52. The number of hydrogen-bond acceptors (Lipinski definition) is 3. The summed E-state index contributed by atoms with van der Waals surface area (Å²) in [4.78, 5) is 23.0. The molecule has 6 heteroatoms. The maximum Gasteiger partial charge on any atom is 0.335 e. The Morgan fingerprint density at radius 2 is 1.84 bits per heavy atom. The molecule has 19 heavy (non-hydrogen) atoms. The molecule has 0 bridgehead atoms. The summed E-state index contributed by atoms with van der Waals surface area (Å²) in [5.74, 6) is -1.47. The molecule has 0 aliphatic carbocycles. The number of carboxylic acid groups (broad SMARTS) is 1. The number of halogens is 1. The fourth-order valence-corrected chi connectivity index (χ4v) is 2.06. The number of carboxylic acids is 1. The van der Waals surface area contributed by atoms with E-state index in [1.165, 1.54) is 12.1 Å². The molecule has 0 saturated heterocycles. The first-order valence-electron chi connectivity index (χ1n) is 5.72. The number of aromatic carboxylic acids is 1. The molecule has 0 saturated carbocycles. The summed E-state index contributed by atoms with van der Waals surface area (Å²) in [6, 6.07) is 4.30. The Kier molecular flexibility index (Phi) is 5.08.